The molecule has 0 saturated carbocycles. The highest BCUT2D eigenvalue weighted by atomic mass is 32.2. The van der Waals surface area contributed by atoms with E-state index in [0.717, 1.165) is 42.1 Å². The van der Waals surface area contributed by atoms with Crippen LogP contribution in [0.4, 0.5) is 23.0 Å². The van der Waals surface area contributed by atoms with E-state index < -0.39 is 10.8 Å². The molecule has 0 aliphatic carbocycles. The number of thiophene rings is 1. The standard InChI is InChI=1S/C26H26N6O2S2/c1-3-23(33)27-19-5-4-6-21(17-19)36(34)25-24-22(11-16-35-24)29-26(30-25)28-18-7-9-20(10-8-18)32-14-12-31(2)13-15-32/h3-11,16-17H,1,12-15H2,2H3,(H,27,33)(H,28,29,30). The van der Waals surface area contributed by atoms with Crippen molar-refractivity contribution in [1.29, 1.82) is 0 Å². The monoisotopic (exact) mass is 518 g/mol. The molecule has 1 amide bonds. The molecule has 0 spiro atoms. The van der Waals surface area contributed by atoms with Gasteiger partial charge in [0.1, 0.15) is 10.8 Å². The van der Waals surface area contributed by atoms with Gasteiger partial charge in [0.15, 0.2) is 5.03 Å². The van der Waals surface area contributed by atoms with Crippen LogP contribution in [0.3, 0.4) is 0 Å². The van der Waals surface area contributed by atoms with E-state index in [1.54, 1.807) is 24.3 Å². The fourth-order valence-corrected chi connectivity index (χ4v) is 6.15. The van der Waals surface area contributed by atoms with Crippen molar-refractivity contribution in [1.82, 2.24) is 14.9 Å². The third-order valence-electron chi connectivity index (χ3n) is 5.94. The quantitative estimate of drug-likeness (QED) is 0.275. The van der Waals surface area contributed by atoms with Crippen molar-refractivity contribution in [3.63, 3.8) is 0 Å². The van der Waals surface area contributed by atoms with Crippen molar-refractivity contribution in [3.05, 3.63) is 72.6 Å². The lowest BCUT2D eigenvalue weighted by Crippen LogP contribution is -2.44. The van der Waals surface area contributed by atoms with Crippen molar-refractivity contribution in [2.45, 2.75) is 9.92 Å². The van der Waals surface area contributed by atoms with E-state index in [1.165, 1.54) is 23.1 Å². The van der Waals surface area contributed by atoms with E-state index >= 15 is 0 Å². The molecule has 1 aliphatic heterocycles. The Hall–Kier alpha value is -3.60. The van der Waals surface area contributed by atoms with Crippen molar-refractivity contribution < 1.29 is 9.00 Å². The van der Waals surface area contributed by atoms with Crippen LogP contribution in [0.5, 0.6) is 0 Å². The Kier molecular flexibility index (Phi) is 7.08. The SMILES string of the molecule is C=CC(=O)Nc1cccc(S(=O)c2nc(Nc3ccc(N4CCN(C)CC4)cc3)nc3ccsc23)c1. The number of fused-ring (bicyclic) bond motifs is 1. The highest BCUT2D eigenvalue weighted by Crippen LogP contribution is 2.30. The fourth-order valence-electron chi connectivity index (χ4n) is 3.96. The normalized spacial score (nSPS) is 15.0. The molecule has 10 heteroatoms. The lowest BCUT2D eigenvalue weighted by molar-refractivity contribution is -0.111. The first-order chi connectivity index (χ1) is 17.5. The molecule has 1 atom stereocenters. The predicted molar refractivity (Wildman–Crippen MR) is 147 cm³/mol. The minimum Gasteiger partial charge on any atom is -0.369 e. The largest absolute Gasteiger partial charge is 0.369 e. The van der Waals surface area contributed by atoms with Crippen LogP contribution < -0.4 is 15.5 Å². The Labute approximate surface area is 216 Å². The van der Waals surface area contributed by atoms with Gasteiger partial charge in [-0.25, -0.2) is 14.2 Å². The number of rotatable bonds is 7. The van der Waals surface area contributed by atoms with Crippen LogP contribution in [0.25, 0.3) is 10.2 Å². The van der Waals surface area contributed by atoms with Gasteiger partial charge in [0.2, 0.25) is 11.9 Å². The average molecular weight is 519 g/mol. The van der Waals surface area contributed by atoms with Crippen LogP contribution in [0, 0.1) is 0 Å². The molecule has 1 fully saturated rings. The molecule has 0 bridgehead atoms. The number of benzene rings is 2. The summed E-state index contributed by atoms with van der Waals surface area (Å²) in [4.78, 5) is 26.2. The number of nitrogens with zero attached hydrogens (tertiary/aromatic N) is 4. The van der Waals surface area contributed by atoms with Gasteiger partial charge in [-0.15, -0.1) is 11.3 Å². The second-order valence-corrected chi connectivity index (χ2v) is 10.8. The van der Waals surface area contributed by atoms with Gasteiger partial charge in [-0.05, 0) is 67.0 Å². The van der Waals surface area contributed by atoms with Crippen molar-refractivity contribution in [2.75, 3.05) is 48.8 Å². The molecule has 1 unspecified atom stereocenters. The van der Waals surface area contributed by atoms with E-state index in [9.17, 15) is 9.00 Å². The zero-order chi connectivity index (χ0) is 25.1. The summed E-state index contributed by atoms with van der Waals surface area (Å²) in [5.74, 6) is 0.0541. The Morgan fingerprint density at radius 2 is 1.83 bits per heavy atom. The van der Waals surface area contributed by atoms with Gasteiger partial charge in [0, 0.05) is 48.1 Å². The average Bonchev–Trinajstić information content (AvgIpc) is 3.37. The summed E-state index contributed by atoms with van der Waals surface area (Å²) >= 11 is 1.45. The maximum atomic E-state index is 13.6. The van der Waals surface area contributed by atoms with E-state index in [1.807, 2.05) is 23.6 Å². The number of anilines is 4. The Morgan fingerprint density at radius 1 is 1.06 bits per heavy atom. The van der Waals surface area contributed by atoms with E-state index in [2.05, 4.69) is 56.2 Å². The van der Waals surface area contributed by atoms with Gasteiger partial charge in [0.05, 0.1) is 10.2 Å². The van der Waals surface area contributed by atoms with Gasteiger partial charge >= 0.3 is 0 Å². The third kappa shape index (κ3) is 5.30. The van der Waals surface area contributed by atoms with Crippen molar-refractivity contribution in [3.8, 4) is 0 Å². The molecule has 2 aromatic carbocycles. The maximum Gasteiger partial charge on any atom is 0.247 e. The van der Waals surface area contributed by atoms with E-state index in [-0.39, 0.29) is 5.91 Å². The van der Waals surface area contributed by atoms with Gasteiger partial charge in [-0.3, -0.25) is 4.79 Å². The first-order valence-electron chi connectivity index (χ1n) is 11.5. The van der Waals surface area contributed by atoms with Crippen LogP contribution in [-0.4, -0.2) is 58.2 Å². The number of carbonyl (C=O) groups excluding carboxylic acids is 1. The molecule has 2 N–H and O–H groups in total. The van der Waals surface area contributed by atoms with Gasteiger partial charge < -0.3 is 20.4 Å². The summed E-state index contributed by atoms with van der Waals surface area (Å²) in [5.41, 5.74) is 3.31. The first kappa shape index (κ1) is 24.1. The molecule has 5 rings (SSSR count). The number of hydrogen-bond donors (Lipinski definition) is 2. The van der Waals surface area contributed by atoms with Gasteiger partial charge in [-0.1, -0.05) is 12.6 Å². The number of hydrogen-bond acceptors (Lipinski definition) is 8. The van der Waals surface area contributed by atoms with Gasteiger partial charge in [0.25, 0.3) is 0 Å². The summed E-state index contributed by atoms with van der Waals surface area (Å²) in [6.07, 6.45) is 1.19. The predicted octanol–water partition coefficient (Wildman–Crippen LogP) is 4.48. The van der Waals surface area contributed by atoms with Crippen LogP contribution in [0.15, 0.2) is 82.6 Å². The summed E-state index contributed by atoms with van der Waals surface area (Å²) in [6, 6.07) is 17.0. The number of piperazine rings is 1. The second kappa shape index (κ2) is 10.6. The van der Waals surface area contributed by atoms with Crippen LogP contribution in [0.1, 0.15) is 0 Å². The summed E-state index contributed by atoms with van der Waals surface area (Å²) in [7, 11) is 0.573. The minimum atomic E-state index is -1.57. The zero-order valence-corrected chi connectivity index (χ0v) is 21.4. The molecule has 4 aromatic rings. The number of carbonyl (C=O) groups is 1. The fraction of sp³-hybridized carbons (Fsp3) is 0.192. The van der Waals surface area contributed by atoms with Crippen LogP contribution in [-0.2, 0) is 15.6 Å². The number of aromatic nitrogens is 2. The Balaban J connectivity index is 1.39. The molecule has 184 valence electrons. The third-order valence-corrected chi connectivity index (χ3v) is 8.31. The Bertz CT molecular complexity index is 1430. The molecule has 8 nitrogen and oxygen atoms in total. The lowest BCUT2D eigenvalue weighted by atomic mass is 10.2. The van der Waals surface area contributed by atoms with E-state index in [4.69, 9.17) is 0 Å². The van der Waals surface area contributed by atoms with E-state index in [0.29, 0.717) is 21.6 Å². The molecule has 1 aliphatic rings. The molecule has 1 saturated heterocycles. The number of likely N-dealkylation sites (N-methyl/N-ethyl adjacent to an activating group) is 1. The molecule has 2 aromatic heterocycles. The lowest BCUT2D eigenvalue weighted by Gasteiger charge is -2.34. The van der Waals surface area contributed by atoms with Crippen molar-refractivity contribution >= 4 is 61.3 Å². The van der Waals surface area contributed by atoms with Gasteiger partial charge in [-0.2, -0.15) is 0 Å². The van der Waals surface area contributed by atoms with Crippen LogP contribution in [0.2, 0.25) is 0 Å². The highest BCUT2D eigenvalue weighted by Gasteiger charge is 2.18. The zero-order valence-electron chi connectivity index (χ0n) is 19.8. The minimum absolute atomic E-state index is 0.328. The molecule has 36 heavy (non-hydrogen) atoms. The number of amides is 1. The van der Waals surface area contributed by atoms with Crippen molar-refractivity contribution in [2.24, 2.45) is 0 Å². The maximum absolute atomic E-state index is 13.6. The summed E-state index contributed by atoms with van der Waals surface area (Å²) in [5, 5.41) is 8.31. The molecule has 0 radical (unpaired) electrons. The molecular weight excluding hydrogens is 492 g/mol. The number of nitrogens with one attached hydrogen (secondary N) is 2. The second-order valence-electron chi connectivity index (χ2n) is 8.44. The summed E-state index contributed by atoms with van der Waals surface area (Å²) in [6.45, 7) is 7.59. The Morgan fingerprint density at radius 3 is 2.58 bits per heavy atom. The topological polar surface area (TPSA) is 90.5 Å². The molecule has 3 heterocycles. The van der Waals surface area contributed by atoms with Crippen LogP contribution >= 0.6 is 11.3 Å². The molecular formula is C26H26N6O2S2. The smallest absolute Gasteiger partial charge is 0.247 e. The highest BCUT2D eigenvalue weighted by molar-refractivity contribution is 7.85. The first-order valence-corrected chi connectivity index (χ1v) is 13.5. The summed E-state index contributed by atoms with van der Waals surface area (Å²) < 4.78 is 14.3.